The molecule has 2 heterocycles. The van der Waals surface area contributed by atoms with Gasteiger partial charge in [0.1, 0.15) is 16.3 Å². The second-order valence-corrected chi connectivity index (χ2v) is 20.7. The number of urea groups is 1. The number of sulfonamides is 1. The standard InChI is InChI=1S/C36H58N6O7S2/c1-20(2)42(51(48,49)25-15-12-16-50-25)19-24(34(3,4)5)39-33(47)40-29(35(6,7)8)32(46)41-18-22-26(36(22,9)10)27(41)31(45)38-23(28(43)30(37)44)17-21-13-11-14-21/h12,15-16,20-24,26-27,29H,11,13-14,17-19H2,1-10H3,(H2,37,44)(H,38,45)(H2,39,40,47)/t22-,23+,24+,26-,27-,29+/m0/s1. The van der Waals surface area contributed by atoms with Crippen molar-refractivity contribution in [2.45, 2.75) is 129 Å². The third kappa shape index (κ3) is 8.78. The predicted octanol–water partition coefficient (Wildman–Crippen LogP) is 3.49. The van der Waals surface area contributed by atoms with Crippen LogP contribution in [0.3, 0.4) is 0 Å². The Morgan fingerprint density at radius 1 is 1.02 bits per heavy atom. The van der Waals surface area contributed by atoms with E-state index < -0.39 is 80.6 Å². The number of carbonyl (C=O) groups is 5. The molecule has 3 fully saturated rings. The monoisotopic (exact) mass is 750 g/mol. The Kier molecular flexibility index (Phi) is 11.8. The molecule has 13 nitrogen and oxygen atoms in total. The van der Waals surface area contributed by atoms with Crippen molar-refractivity contribution in [3.63, 3.8) is 0 Å². The van der Waals surface area contributed by atoms with Gasteiger partial charge in [-0.25, -0.2) is 13.2 Å². The molecule has 0 radical (unpaired) electrons. The summed E-state index contributed by atoms with van der Waals surface area (Å²) in [6, 6.07) is -1.45. The Bertz CT molecular complexity index is 1590. The summed E-state index contributed by atoms with van der Waals surface area (Å²) >= 11 is 1.13. The molecule has 2 aliphatic carbocycles. The van der Waals surface area contributed by atoms with E-state index in [4.69, 9.17) is 5.73 Å². The van der Waals surface area contributed by atoms with Crippen LogP contribution in [-0.2, 0) is 29.2 Å². The first kappa shape index (κ1) is 40.7. The molecular weight excluding hydrogens is 693 g/mol. The number of fused-ring (bicyclic) bond motifs is 1. The lowest BCUT2D eigenvalue weighted by Gasteiger charge is -2.39. The third-order valence-corrected chi connectivity index (χ3v) is 14.6. The first-order valence-electron chi connectivity index (χ1n) is 18.0. The van der Waals surface area contributed by atoms with Crippen LogP contribution in [-0.4, -0.2) is 90.5 Å². The van der Waals surface area contributed by atoms with Crippen molar-refractivity contribution in [2.24, 2.45) is 39.7 Å². The lowest BCUT2D eigenvalue weighted by molar-refractivity contribution is -0.145. The van der Waals surface area contributed by atoms with E-state index in [0.29, 0.717) is 13.0 Å². The van der Waals surface area contributed by atoms with Gasteiger partial charge in [0.15, 0.2) is 0 Å². The molecule has 4 rings (SSSR count). The lowest BCUT2D eigenvalue weighted by Crippen LogP contribution is -2.63. The fourth-order valence-corrected chi connectivity index (χ4v) is 10.3. The molecule has 1 aromatic heterocycles. The number of ketones is 1. The topological polar surface area (TPSA) is 188 Å². The van der Waals surface area contributed by atoms with Crippen LogP contribution in [0.1, 0.15) is 94.9 Å². The average Bonchev–Trinajstić information content (AvgIpc) is 3.44. The second-order valence-electron chi connectivity index (χ2n) is 17.6. The maximum Gasteiger partial charge on any atom is 0.315 e. The maximum atomic E-state index is 14.5. The summed E-state index contributed by atoms with van der Waals surface area (Å²) in [6.07, 6.45) is 3.15. The molecule has 0 unspecified atom stereocenters. The molecule has 5 amide bonds. The zero-order chi connectivity index (χ0) is 38.4. The Morgan fingerprint density at radius 3 is 2.12 bits per heavy atom. The van der Waals surface area contributed by atoms with Gasteiger partial charge in [-0.15, -0.1) is 11.3 Å². The van der Waals surface area contributed by atoms with Crippen molar-refractivity contribution in [1.29, 1.82) is 0 Å². The number of piperidine rings is 1. The van der Waals surface area contributed by atoms with Crippen LogP contribution in [0.4, 0.5) is 4.79 Å². The van der Waals surface area contributed by atoms with Crippen LogP contribution in [0.15, 0.2) is 21.7 Å². The molecule has 3 aliphatic rings. The first-order chi connectivity index (χ1) is 23.4. The number of hydrogen-bond donors (Lipinski definition) is 4. The van der Waals surface area contributed by atoms with Crippen molar-refractivity contribution in [2.75, 3.05) is 13.1 Å². The van der Waals surface area contributed by atoms with Gasteiger partial charge in [0.05, 0.1) is 6.04 Å². The van der Waals surface area contributed by atoms with E-state index in [-0.39, 0.29) is 33.9 Å². The van der Waals surface area contributed by atoms with Gasteiger partial charge in [-0.2, -0.15) is 4.31 Å². The van der Waals surface area contributed by atoms with Crippen molar-refractivity contribution < 1.29 is 32.4 Å². The Morgan fingerprint density at radius 2 is 1.65 bits per heavy atom. The summed E-state index contributed by atoms with van der Waals surface area (Å²) in [5.41, 5.74) is 3.78. The van der Waals surface area contributed by atoms with Gasteiger partial charge < -0.3 is 26.6 Å². The number of rotatable bonds is 14. The third-order valence-electron chi connectivity index (χ3n) is 11.2. The molecule has 6 atom stereocenters. The molecule has 0 aromatic carbocycles. The molecule has 51 heavy (non-hydrogen) atoms. The van der Waals surface area contributed by atoms with Crippen LogP contribution >= 0.6 is 11.3 Å². The highest BCUT2D eigenvalue weighted by molar-refractivity contribution is 7.91. The number of primary amides is 1. The number of thiophene rings is 1. The van der Waals surface area contributed by atoms with E-state index >= 15 is 0 Å². The molecule has 1 aliphatic heterocycles. The molecule has 15 heteroatoms. The number of nitrogens with one attached hydrogen (secondary N) is 3. The van der Waals surface area contributed by atoms with E-state index in [1.807, 2.05) is 55.4 Å². The predicted molar refractivity (Wildman–Crippen MR) is 196 cm³/mol. The highest BCUT2D eigenvalue weighted by atomic mass is 32.2. The highest BCUT2D eigenvalue weighted by Gasteiger charge is 2.70. The minimum atomic E-state index is -3.83. The van der Waals surface area contributed by atoms with E-state index in [0.717, 1.165) is 30.6 Å². The molecule has 1 saturated heterocycles. The van der Waals surface area contributed by atoms with Crippen LogP contribution in [0.5, 0.6) is 0 Å². The summed E-state index contributed by atoms with van der Waals surface area (Å²) in [4.78, 5) is 68.5. The zero-order valence-electron chi connectivity index (χ0n) is 31.7. The summed E-state index contributed by atoms with van der Waals surface area (Å²) in [5, 5.41) is 10.3. The SMILES string of the molecule is CC(C)N(C[C@@H](NC(=O)N[C@H](C(=O)N1C[C@H]2[C@@H]([C@H]1C(=O)N[C@H](CC1CCC1)C(=O)C(N)=O)C2(C)C)C(C)(C)C)C(C)(C)C)S(=O)(=O)c1cccs1. The number of likely N-dealkylation sites (tertiary alicyclic amines) is 1. The zero-order valence-corrected chi connectivity index (χ0v) is 33.4. The summed E-state index contributed by atoms with van der Waals surface area (Å²) in [6.45, 7) is 19.1. The molecule has 2 saturated carbocycles. The maximum absolute atomic E-state index is 14.5. The van der Waals surface area contributed by atoms with Crippen LogP contribution in [0.2, 0.25) is 0 Å². The smallest absolute Gasteiger partial charge is 0.315 e. The fraction of sp³-hybridized carbons (Fsp3) is 0.750. The minimum Gasteiger partial charge on any atom is -0.363 e. The number of nitrogens with two attached hydrogens (primary N) is 1. The second kappa shape index (κ2) is 14.8. The molecule has 286 valence electrons. The number of hydrogen-bond acceptors (Lipinski definition) is 8. The molecule has 1 aromatic rings. The average molecular weight is 751 g/mol. The van der Waals surface area contributed by atoms with Crippen molar-refractivity contribution in [3.8, 4) is 0 Å². The normalized spacial score (nSPS) is 23.5. The van der Waals surface area contributed by atoms with Gasteiger partial charge in [-0.3, -0.25) is 19.2 Å². The van der Waals surface area contributed by atoms with Crippen molar-refractivity contribution in [1.82, 2.24) is 25.2 Å². The number of amides is 5. The first-order valence-corrected chi connectivity index (χ1v) is 20.3. The number of Topliss-reactive ketones (excluding diaryl/α,β-unsaturated/α-hetero) is 1. The molecule has 0 spiro atoms. The molecule has 5 N–H and O–H groups in total. The quantitative estimate of drug-likeness (QED) is 0.210. The largest absolute Gasteiger partial charge is 0.363 e. The highest BCUT2D eigenvalue weighted by Crippen LogP contribution is 2.65. The summed E-state index contributed by atoms with van der Waals surface area (Å²) in [7, 11) is -3.83. The van der Waals surface area contributed by atoms with Gasteiger partial charge in [0.2, 0.25) is 17.6 Å². The summed E-state index contributed by atoms with van der Waals surface area (Å²) in [5.74, 6) is -2.82. The molecule has 0 bridgehead atoms. The van der Waals surface area contributed by atoms with E-state index in [1.54, 1.807) is 31.4 Å². The van der Waals surface area contributed by atoms with E-state index in [2.05, 4.69) is 16.0 Å². The Balaban J connectivity index is 1.55. The van der Waals surface area contributed by atoms with Crippen LogP contribution in [0, 0.1) is 34.0 Å². The minimum absolute atomic E-state index is 0.00180. The molecular formula is C36H58N6O7S2. The van der Waals surface area contributed by atoms with Gasteiger partial charge in [-0.1, -0.05) is 80.7 Å². The van der Waals surface area contributed by atoms with Gasteiger partial charge in [-0.05, 0) is 65.7 Å². The Labute approximate surface area is 307 Å². The van der Waals surface area contributed by atoms with Crippen molar-refractivity contribution in [3.05, 3.63) is 17.5 Å². The summed E-state index contributed by atoms with van der Waals surface area (Å²) < 4.78 is 28.8. The van der Waals surface area contributed by atoms with Crippen LogP contribution < -0.4 is 21.7 Å². The van der Waals surface area contributed by atoms with Gasteiger partial charge >= 0.3 is 6.03 Å². The van der Waals surface area contributed by atoms with Gasteiger partial charge in [0, 0.05) is 25.2 Å². The number of carbonyl (C=O) groups excluding carboxylic acids is 5. The van der Waals surface area contributed by atoms with E-state index in [9.17, 15) is 32.4 Å². The van der Waals surface area contributed by atoms with Gasteiger partial charge in [0.25, 0.3) is 15.9 Å². The Hall–Kier alpha value is -3.04. The number of nitrogens with zero attached hydrogens (tertiary/aromatic N) is 2. The van der Waals surface area contributed by atoms with Crippen molar-refractivity contribution >= 4 is 50.9 Å². The fourth-order valence-electron chi connectivity index (χ4n) is 7.51. The van der Waals surface area contributed by atoms with Crippen LogP contribution in [0.25, 0.3) is 0 Å². The van der Waals surface area contributed by atoms with E-state index in [1.165, 1.54) is 9.21 Å². The lowest BCUT2D eigenvalue weighted by atomic mass is 9.80.